The van der Waals surface area contributed by atoms with E-state index in [2.05, 4.69) is 21.2 Å². The van der Waals surface area contributed by atoms with E-state index in [4.69, 9.17) is 18.9 Å². The molecule has 12 heteroatoms. The van der Waals surface area contributed by atoms with Crippen LogP contribution >= 0.6 is 15.9 Å². The quantitative estimate of drug-likeness (QED) is 0.0795. The summed E-state index contributed by atoms with van der Waals surface area (Å²) < 4.78 is 21.8. The van der Waals surface area contributed by atoms with Crippen molar-refractivity contribution in [3.05, 3.63) is 85.9 Å². The van der Waals surface area contributed by atoms with Crippen LogP contribution in [0.5, 0.6) is 23.0 Å². The Balaban J connectivity index is 1.89. The molecule has 0 spiro atoms. The van der Waals surface area contributed by atoms with E-state index in [9.17, 15) is 25.0 Å². The van der Waals surface area contributed by atoms with E-state index in [0.29, 0.717) is 21.3 Å². The third-order valence-corrected chi connectivity index (χ3v) is 5.76. The van der Waals surface area contributed by atoms with Gasteiger partial charge in [-0.3, -0.25) is 14.9 Å². The lowest BCUT2D eigenvalue weighted by Crippen LogP contribution is -2.14. The molecule has 0 unspecified atom stereocenters. The van der Waals surface area contributed by atoms with Crippen LogP contribution in [-0.2, 0) is 4.79 Å². The third-order valence-electron chi connectivity index (χ3n) is 5.17. The maximum atomic E-state index is 12.8. The minimum absolute atomic E-state index is 0.0549. The Morgan fingerprint density at radius 3 is 2.38 bits per heavy atom. The molecule has 39 heavy (non-hydrogen) atoms. The van der Waals surface area contributed by atoms with Crippen molar-refractivity contribution in [2.45, 2.75) is 6.92 Å². The summed E-state index contributed by atoms with van der Waals surface area (Å²) in [4.78, 5) is 36.0. The van der Waals surface area contributed by atoms with Gasteiger partial charge < -0.3 is 24.3 Å². The topological polar surface area (TPSA) is 150 Å². The van der Waals surface area contributed by atoms with Crippen molar-refractivity contribution in [3.8, 4) is 29.1 Å². The fourth-order valence-electron chi connectivity index (χ4n) is 3.31. The van der Waals surface area contributed by atoms with Gasteiger partial charge in [-0.05, 0) is 77.0 Å². The normalized spacial score (nSPS) is 10.7. The Morgan fingerprint density at radius 1 is 1.08 bits per heavy atom. The van der Waals surface area contributed by atoms with Crippen molar-refractivity contribution >= 4 is 45.3 Å². The average Bonchev–Trinajstić information content (AvgIpc) is 2.93. The second-order valence-electron chi connectivity index (χ2n) is 7.65. The molecular formula is C27H22BrN3O8. The Morgan fingerprint density at radius 2 is 1.79 bits per heavy atom. The first-order chi connectivity index (χ1) is 18.7. The molecule has 1 N–H and O–H groups in total. The summed E-state index contributed by atoms with van der Waals surface area (Å²) >= 11 is 3.37. The van der Waals surface area contributed by atoms with Crippen LogP contribution in [0.4, 0.5) is 11.4 Å². The number of carbonyl (C=O) groups excluding carboxylic acids is 2. The predicted octanol–water partition coefficient (Wildman–Crippen LogP) is 5.54. The first kappa shape index (κ1) is 28.7. The number of hydrogen-bond acceptors (Lipinski definition) is 9. The van der Waals surface area contributed by atoms with Gasteiger partial charge in [-0.15, -0.1) is 0 Å². The highest BCUT2D eigenvalue weighted by Crippen LogP contribution is 2.38. The molecular weight excluding hydrogens is 574 g/mol. The molecule has 0 fully saturated rings. The first-order valence-corrected chi connectivity index (χ1v) is 12.1. The van der Waals surface area contributed by atoms with Crippen molar-refractivity contribution < 1.29 is 33.5 Å². The fraction of sp³-hybridized carbons (Fsp3) is 0.148. The van der Waals surface area contributed by atoms with E-state index in [1.165, 1.54) is 38.5 Å². The number of halogens is 1. The van der Waals surface area contributed by atoms with E-state index in [-0.39, 0.29) is 40.8 Å². The molecule has 0 heterocycles. The number of amides is 1. The third kappa shape index (κ3) is 7.12. The summed E-state index contributed by atoms with van der Waals surface area (Å²) in [6.07, 6.45) is 1.32. The smallest absolute Gasteiger partial charge is 0.343 e. The zero-order chi connectivity index (χ0) is 28.5. The number of ether oxygens (including phenoxy) is 4. The van der Waals surface area contributed by atoms with Gasteiger partial charge in [-0.2, -0.15) is 5.26 Å². The Hall–Kier alpha value is -4.89. The number of nitrogens with zero attached hydrogens (tertiary/aromatic N) is 2. The van der Waals surface area contributed by atoms with E-state index < -0.39 is 16.8 Å². The molecule has 3 aromatic carbocycles. The molecule has 200 valence electrons. The standard InChI is InChI=1S/C27H22BrN3O8/c1-4-38-24-13-16(12-21(28)25(24)39-27(33)17-5-8-20(36-2)9-6-17)11-18(15-29)26(32)30-22-10-7-19(31(34)35)14-23(22)37-3/h5-14H,4H2,1-3H3,(H,30,32)/b18-11+. The largest absolute Gasteiger partial charge is 0.497 e. The van der Waals surface area contributed by atoms with Gasteiger partial charge in [-0.1, -0.05) is 0 Å². The van der Waals surface area contributed by atoms with Crippen LogP contribution in [-0.4, -0.2) is 37.6 Å². The maximum absolute atomic E-state index is 12.8. The summed E-state index contributed by atoms with van der Waals surface area (Å²) in [7, 11) is 2.81. The van der Waals surface area contributed by atoms with Gasteiger partial charge in [0.1, 0.15) is 23.1 Å². The lowest BCUT2D eigenvalue weighted by Gasteiger charge is -2.14. The van der Waals surface area contributed by atoms with Gasteiger partial charge >= 0.3 is 5.97 Å². The van der Waals surface area contributed by atoms with Gasteiger partial charge in [0.15, 0.2) is 11.5 Å². The highest BCUT2D eigenvalue weighted by molar-refractivity contribution is 9.10. The number of anilines is 1. The van der Waals surface area contributed by atoms with Crippen molar-refractivity contribution in [3.63, 3.8) is 0 Å². The van der Waals surface area contributed by atoms with Crippen molar-refractivity contribution in [1.29, 1.82) is 5.26 Å². The first-order valence-electron chi connectivity index (χ1n) is 11.3. The van der Waals surface area contributed by atoms with E-state index in [1.54, 1.807) is 37.3 Å². The number of nitrogens with one attached hydrogen (secondary N) is 1. The van der Waals surface area contributed by atoms with Crippen molar-refractivity contribution in [2.24, 2.45) is 0 Å². The van der Waals surface area contributed by atoms with Crippen LogP contribution in [0.3, 0.4) is 0 Å². The molecule has 11 nitrogen and oxygen atoms in total. The number of nitro benzene ring substituents is 1. The number of rotatable bonds is 10. The van der Waals surface area contributed by atoms with Crippen LogP contribution < -0.4 is 24.3 Å². The zero-order valence-corrected chi connectivity index (χ0v) is 22.6. The van der Waals surface area contributed by atoms with Gasteiger partial charge in [0.2, 0.25) is 0 Å². The summed E-state index contributed by atoms with van der Waals surface area (Å²) in [5, 5.41) is 23.2. The van der Waals surface area contributed by atoms with Crippen LogP contribution in [0, 0.1) is 21.4 Å². The second kappa shape index (κ2) is 13.1. The number of benzene rings is 3. The van der Waals surface area contributed by atoms with Gasteiger partial charge in [0.05, 0.1) is 47.5 Å². The summed E-state index contributed by atoms with van der Waals surface area (Å²) in [6.45, 7) is 2.00. The molecule has 0 bridgehead atoms. The second-order valence-corrected chi connectivity index (χ2v) is 8.50. The SMILES string of the molecule is CCOc1cc(/C=C(\C#N)C(=O)Nc2ccc([N+](=O)[O-])cc2OC)cc(Br)c1OC(=O)c1ccc(OC)cc1. The Kier molecular flexibility index (Phi) is 9.61. The molecule has 0 aliphatic heterocycles. The van der Waals surface area contributed by atoms with Gasteiger partial charge in [0.25, 0.3) is 11.6 Å². The number of hydrogen-bond donors (Lipinski definition) is 1. The molecule has 3 aromatic rings. The molecule has 1 amide bonds. The van der Waals surface area contributed by atoms with Crippen LogP contribution in [0.25, 0.3) is 6.08 Å². The zero-order valence-electron chi connectivity index (χ0n) is 21.0. The molecule has 0 aromatic heterocycles. The number of non-ortho nitro benzene ring substituents is 1. The predicted molar refractivity (Wildman–Crippen MR) is 145 cm³/mol. The van der Waals surface area contributed by atoms with Crippen molar-refractivity contribution in [2.75, 3.05) is 26.1 Å². The molecule has 0 saturated heterocycles. The maximum Gasteiger partial charge on any atom is 0.343 e. The van der Waals surface area contributed by atoms with Crippen LogP contribution in [0.1, 0.15) is 22.8 Å². The van der Waals surface area contributed by atoms with E-state index in [0.717, 1.165) is 6.07 Å². The molecule has 0 saturated carbocycles. The minimum atomic E-state index is -0.770. The highest BCUT2D eigenvalue weighted by Gasteiger charge is 2.19. The lowest BCUT2D eigenvalue weighted by molar-refractivity contribution is -0.384. The van der Waals surface area contributed by atoms with Gasteiger partial charge in [-0.25, -0.2) is 4.79 Å². The monoisotopic (exact) mass is 595 g/mol. The fourth-order valence-corrected chi connectivity index (χ4v) is 3.85. The summed E-state index contributed by atoms with van der Waals surface area (Å²) in [5.74, 6) is -0.434. The van der Waals surface area contributed by atoms with E-state index >= 15 is 0 Å². The number of carbonyl (C=O) groups is 2. The highest BCUT2D eigenvalue weighted by atomic mass is 79.9. The molecule has 0 radical (unpaired) electrons. The Labute approximate surface area is 231 Å². The number of nitriles is 1. The minimum Gasteiger partial charge on any atom is -0.497 e. The van der Waals surface area contributed by atoms with E-state index in [1.807, 2.05) is 6.07 Å². The van der Waals surface area contributed by atoms with Crippen LogP contribution in [0.15, 0.2) is 64.6 Å². The van der Waals surface area contributed by atoms with Gasteiger partial charge in [0, 0.05) is 6.07 Å². The number of methoxy groups -OCH3 is 2. The lowest BCUT2D eigenvalue weighted by atomic mass is 10.1. The number of esters is 1. The Bertz CT molecular complexity index is 1480. The van der Waals surface area contributed by atoms with Crippen molar-refractivity contribution in [1.82, 2.24) is 0 Å². The molecule has 0 aliphatic rings. The number of nitro groups is 1. The molecule has 0 atom stereocenters. The molecule has 0 aliphatic carbocycles. The summed E-state index contributed by atoms with van der Waals surface area (Å²) in [5.41, 5.74) is 0.345. The molecule has 3 rings (SSSR count). The average molecular weight is 596 g/mol. The van der Waals surface area contributed by atoms with Crippen LogP contribution in [0.2, 0.25) is 0 Å². The summed E-state index contributed by atoms with van der Waals surface area (Å²) in [6, 6.07) is 14.9.